The number of carbonyl (C=O) groups is 1. The van der Waals surface area contributed by atoms with Crippen LogP contribution in [0.2, 0.25) is 0 Å². The Morgan fingerprint density at radius 2 is 2.23 bits per heavy atom. The molecule has 0 radical (unpaired) electrons. The maximum Gasteiger partial charge on any atom is 0.240 e. The number of thiophene rings is 1. The van der Waals surface area contributed by atoms with Gasteiger partial charge in [-0.15, -0.1) is 11.3 Å². The van der Waals surface area contributed by atoms with Gasteiger partial charge in [0, 0.05) is 4.88 Å². The van der Waals surface area contributed by atoms with Gasteiger partial charge in [0.2, 0.25) is 5.91 Å². The maximum atomic E-state index is 11.2. The molecule has 1 amide bonds. The van der Waals surface area contributed by atoms with E-state index in [4.69, 9.17) is 5.73 Å². The van der Waals surface area contributed by atoms with Crippen molar-refractivity contribution in [2.24, 2.45) is 5.73 Å². The zero-order valence-corrected chi connectivity index (χ0v) is 8.89. The van der Waals surface area contributed by atoms with Crippen LogP contribution in [-0.4, -0.2) is 24.9 Å². The fourth-order valence-corrected chi connectivity index (χ4v) is 2.41. The number of carbonyl (C=O) groups excluding carboxylic acids is 1. The number of hydrogen-bond donors (Lipinski definition) is 1. The smallest absolute Gasteiger partial charge is 0.240 e. The van der Waals surface area contributed by atoms with Gasteiger partial charge in [0.05, 0.1) is 0 Å². The van der Waals surface area contributed by atoms with Crippen LogP contribution in [0.3, 0.4) is 0 Å². The van der Waals surface area contributed by atoms with Crippen LogP contribution in [0.5, 0.6) is 0 Å². The van der Waals surface area contributed by atoms with Crippen LogP contribution >= 0.6 is 11.3 Å². The molecule has 1 heterocycles. The van der Waals surface area contributed by atoms with E-state index in [-0.39, 0.29) is 11.9 Å². The second-order valence-corrected chi connectivity index (χ2v) is 4.18. The highest BCUT2D eigenvalue weighted by atomic mass is 32.1. The van der Waals surface area contributed by atoms with E-state index in [0.717, 1.165) is 10.4 Å². The highest BCUT2D eigenvalue weighted by molar-refractivity contribution is 7.10. The maximum absolute atomic E-state index is 11.2. The minimum atomic E-state index is -0.296. The van der Waals surface area contributed by atoms with Crippen LogP contribution in [0.1, 0.15) is 16.5 Å². The molecule has 3 nitrogen and oxygen atoms in total. The Labute approximate surface area is 82.2 Å². The van der Waals surface area contributed by atoms with Crippen LogP contribution in [-0.2, 0) is 4.79 Å². The molecule has 1 aromatic heterocycles. The fourth-order valence-electron chi connectivity index (χ4n) is 1.28. The van der Waals surface area contributed by atoms with Gasteiger partial charge in [-0.1, -0.05) is 0 Å². The van der Waals surface area contributed by atoms with Gasteiger partial charge >= 0.3 is 0 Å². The average molecular weight is 198 g/mol. The normalized spacial score (nSPS) is 13.2. The predicted octanol–water partition coefficient (Wildman–Crippen LogP) is 1.14. The lowest BCUT2D eigenvalue weighted by molar-refractivity contribution is -0.122. The molecule has 2 N–H and O–H groups in total. The quantitative estimate of drug-likeness (QED) is 0.791. The lowest BCUT2D eigenvalue weighted by Crippen LogP contribution is -2.32. The van der Waals surface area contributed by atoms with E-state index in [1.807, 2.05) is 37.4 Å². The number of likely N-dealkylation sites (N-methyl/N-ethyl adjacent to an activating group) is 1. The second kappa shape index (κ2) is 3.89. The molecule has 13 heavy (non-hydrogen) atoms. The molecule has 1 aromatic rings. The lowest BCUT2D eigenvalue weighted by Gasteiger charge is -2.20. The standard InChI is InChI=1S/C9H14N2OS/c1-6-4-5-13-8(6)7(9(10)12)11(2)3/h4-5,7H,1-3H3,(H2,10,12). The zero-order valence-electron chi connectivity index (χ0n) is 8.07. The third-order valence-corrected chi connectivity index (χ3v) is 3.01. The molecule has 1 unspecified atom stereocenters. The molecule has 0 bridgehead atoms. The molecule has 1 atom stereocenters. The molecule has 0 saturated heterocycles. The summed E-state index contributed by atoms with van der Waals surface area (Å²) in [6, 6.07) is 1.71. The van der Waals surface area contributed by atoms with E-state index in [1.165, 1.54) is 0 Å². The number of nitrogens with zero attached hydrogens (tertiary/aromatic N) is 1. The molecule has 0 saturated carbocycles. The molecule has 4 heteroatoms. The van der Waals surface area contributed by atoms with Crippen LogP contribution in [0.4, 0.5) is 0 Å². The van der Waals surface area contributed by atoms with Crippen molar-refractivity contribution in [2.75, 3.05) is 14.1 Å². The molecular weight excluding hydrogens is 184 g/mol. The summed E-state index contributed by atoms with van der Waals surface area (Å²) in [5.41, 5.74) is 6.45. The number of hydrogen-bond acceptors (Lipinski definition) is 3. The SMILES string of the molecule is Cc1ccsc1C(C(N)=O)N(C)C. The molecule has 0 aliphatic carbocycles. The Bertz CT molecular complexity index is 306. The van der Waals surface area contributed by atoms with E-state index in [0.29, 0.717) is 0 Å². The third-order valence-electron chi connectivity index (χ3n) is 1.94. The third kappa shape index (κ3) is 2.08. The van der Waals surface area contributed by atoms with E-state index in [2.05, 4.69) is 0 Å². The molecular formula is C9H14N2OS. The first-order chi connectivity index (χ1) is 6.04. The Balaban J connectivity index is 3.02. The van der Waals surface area contributed by atoms with Crippen LogP contribution in [0.25, 0.3) is 0 Å². The Morgan fingerprint density at radius 1 is 1.62 bits per heavy atom. The van der Waals surface area contributed by atoms with Crippen LogP contribution in [0, 0.1) is 6.92 Å². The van der Waals surface area contributed by atoms with Crippen LogP contribution < -0.4 is 5.73 Å². The van der Waals surface area contributed by atoms with Gasteiger partial charge in [-0.2, -0.15) is 0 Å². The first-order valence-corrected chi connectivity index (χ1v) is 4.91. The van der Waals surface area contributed by atoms with Crippen molar-refractivity contribution in [1.82, 2.24) is 4.90 Å². The van der Waals surface area contributed by atoms with Crippen molar-refractivity contribution < 1.29 is 4.79 Å². The Morgan fingerprint density at radius 3 is 2.54 bits per heavy atom. The minimum Gasteiger partial charge on any atom is -0.368 e. The largest absolute Gasteiger partial charge is 0.368 e. The number of primary amides is 1. The average Bonchev–Trinajstić information content (AvgIpc) is 2.35. The van der Waals surface area contributed by atoms with Crippen molar-refractivity contribution in [3.63, 3.8) is 0 Å². The number of nitrogens with two attached hydrogens (primary N) is 1. The predicted molar refractivity (Wildman–Crippen MR) is 54.7 cm³/mol. The van der Waals surface area contributed by atoms with Gasteiger partial charge in [-0.25, -0.2) is 0 Å². The summed E-state index contributed by atoms with van der Waals surface area (Å²) >= 11 is 1.57. The minimum absolute atomic E-state index is 0.292. The van der Waals surface area contributed by atoms with Gasteiger partial charge < -0.3 is 5.73 Å². The first-order valence-electron chi connectivity index (χ1n) is 4.03. The topological polar surface area (TPSA) is 46.3 Å². The molecule has 0 fully saturated rings. The van der Waals surface area contributed by atoms with E-state index in [9.17, 15) is 4.79 Å². The summed E-state index contributed by atoms with van der Waals surface area (Å²) in [5, 5.41) is 1.98. The zero-order chi connectivity index (χ0) is 10.0. The molecule has 72 valence electrons. The van der Waals surface area contributed by atoms with Crippen LogP contribution in [0.15, 0.2) is 11.4 Å². The Hall–Kier alpha value is -0.870. The number of rotatable bonds is 3. The van der Waals surface area contributed by atoms with Gasteiger partial charge in [0.1, 0.15) is 6.04 Å². The summed E-state index contributed by atoms with van der Waals surface area (Å²) < 4.78 is 0. The van der Waals surface area contributed by atoms with E-state index >= 15 is 0 Å². The van der Waals surface area contributed by atoms with Crippen molar-refractivity contribution >= 4 is 17.2 Å². The van der Waals surface area contributed by atoms with Gasteiger partial charge in [-0.05, 0) is 38.0 Å². The molecule has 0 aliphatic heterocycles. The summed E-state index contributed by atoms with van der Waals surface area (Å²) in [7, 11) is 3.71. The lowest BCUT2D eigenvalue weighted by atomic mass is 10.1. The van der Waals surface area contributed by atoms with Crippen molar-refractivity contribution in [1.29, 1.82) is 0 Å². The van der Waals surface area contributed by atoms with Crippen molar-refractivity contribution in [3.8, 4) is 0 Å². The van der Waals surface area contributed by atoms with E-state index < -0.39 is 0 Å². The summed E-state index contributed by atoms with van der Waals surface area (Å²) in [6.07, 6.45) is 0. The highest BCUT2D eigenvalue weighted by Crippen LogP contribution is 2.26. The number of aryl methyl sites for hydroxylation is 1. The molecule has 0 aromatic carbocycles. The molecule has 1 rings (SSSR count). The van der Waals surface area contributed by atoms with Gasteiger partial charge in [0.15, 0.2) is 0 Å². The van der Waals surface area contributed by atoms with Gasteiger partial charge in [-0.3, -0.25) is 9.69 Å². The molecule has 0 spiro atoms. The Kier molecular flexibility index (Phi) is 3.06. The summed E-state index contributed by atoms with van der Waals surface area (Å²) in [4.78, 5) is 14.1. The highest BCUT2D eigenvalue weighted by Gasteiger charge is 2.22. The fraction of sp³-hybridized carbons (Fsp3) is 0.444. The second-order valence-electron chi connectivity index (χ2n) is 3.24. The molecule has 0 aliphatic rings. The van der Waals surface area contributed by atoms with Crippen molar-refractivity contribution in [2.45, 2.75) is 13.0 Å². The summed E-state index contributed by atoms with van der Waals surface area (Å²) in [5.74, 6) is -0.296. The van der Waals surface area contributed by atoms with Gasteiger partial charge in [0.25, 0.3) is 0 Å². The monoisotopic (exact) mass is 198 g/mol. The number of amides is 1. The summed E-state index contributed by atoms with van der Waals surface area (Å²) in [6.45, 7) is 1.99. The van der Waals surface area contributed by atoms with Crippen molar-refractivity contribution in [3.05, 3.63) is 21.9 Å². The first kappa shape index (κ1) is 10.2. The van der Waals surface area contributed by atoms with E-state index in [1.54, 1.807) is 11.3 Å².